The molecule has 2 atom stereocenters. The molecular weight excluding hydrogens is 184 g/mol. The maximum Gasteiger partial charge on any atom is 0.0743 e. The molecule has 0 aromatic rings. The monoisotopic (exact) mass is 208 g/mol. The summed E-state index contributed by atoms with van der Waals surface area (Å²) in [6.45, 7) is 7.83. The van der Waals surface area contributed by atoms with Gasteiger partial charge in [0.25, 0.3) is 0 Å². The second-order valence-corrected chi connectivity index (χ2v) is 5.09. The molecule has 1 nitrogen and oxygen atoms in total. The lowest BCUT2D eigenvalue weighted by atomic mass is 9.72. The summed E-state index contributed by atoms with van der Waals surface area (Å²) in [6.07, 6.45) is 8.77. The lowest BCUT2D eigenvalue weighted by molar-refractivity contribution is -0.0182. The minimum atomic E-state index is 0.172. The third-order valence-electron chi connectivity index (χ3n) is 4.60. The first-order valence-corrected chi connectivity index (χ1v) is 6.59. The van der Waals surface area contributed by atoms with Gasteiger partial charge in [0, 0.05) is 5.92 Å². The van der Waals surface area contributed by atoms with Gasteiger partial charge in [0.2, 0.25) is 0 Å². The number of allylic oxidation sites excluding steroid dienone is 1. The van der Waals surface area contributed by atoms with Gasteiger partial charge in [0.1, 0.15) is 0 Å². The molecule has 86 valence electrons. The van der Waals surface area contributed by atoms with Gasteiger partial charge in [-0.15, -0.1) is 0 Å². The van der Waals surface area contributed by atoms with E-state index in [2.05, 4.69) is 26.8 Å². The van der Waals surface area contributed by atoms with Gasteiger partial charge in [0.15, 0.2) is 0 Å². The molecule has 0 bridgehead atoms. The van der Waals surface area contributed by atoms with Crippen LogP contribution in [0.3, 0.4) is 0 Å². The number of ether oxygens (including phenoxy) is 1. The van der Waals surface area contributed by atoms with Gasteiger partial charge < -0.3 is 4.74 Å². The van der Waals surface area contributed by atoms with Crippen molar-refractivity contribution in [1.29, 1.82) is 0 Å². The van der Waals surface area contributed by atoms with Crippen LogP contribution in [0.1, 0.15) is 52.9 Å². The summed E-state index contributed by atoms with van der Waals surface area (Å²) in [5.74, 6) is 1.51. The quantitative estimate of drug-likeness (QED) is 0.638. The van der Waals surface area contributed by atoms with E-state index in [1.807, 2.05) is 0 Å². The lowest BCUT2D eigenvalue weighted by Gasteiger charge is -2.35. The molecule has 0 N–H and O–H groups in total. The first-order chi connectivity index (χ1) is 7.25. The van der Waals surface area contributed by atoms with Crippen LogP contribution in [-0.2, 0) is 4.74 Å². The Morgan fingerprint density at radius 1 is 1.33 bits per heavy atom. The van der Waals surface area contributed by atoms with Crippen LogP contribution in [0, 0.1) is 11.8 Å². The van der Waals surface area contributed by atoms with Crippen LogP contribution in [0.5, 0.6) is 0 Å². The Hall–Kier alpha value is -0.300. The van der Waals surface area contributed by atoms with Gasteiger partial charge in [0.05, 0.1) is 12.2 Å². The number of hydrogen-bond acceptors (Lipinski definition) is 1. The summed E-state index contributed by atoms with van der Waals surface area (Å²) in [6, 6.07) is 0. The zero-order valence-corrected chi connectivity index (χ0v) is 10.4. The van der Waals surface area contributed by atoms with Gasteiger partial charge in [-0.25, -0.2) is 0 Å². The van der Waals surface area contributed by atoms with Crippen molar-refractivity contribution in [1.82, 2.24) is 0 Å². The Morgan fingerprint density at radius 3 is 2.67 bits per heavy atom. The van der Waals surface area contributed by atoms with Gasteiger partial charge >= 0.3 is 0 Å². The summed E-state index contributed by atoms with van der Waals surface area (Å²) in [5.41, 5.74) is 1.83. The van der Waals surface area contributed by atoms with E-state index in [1.54, 1.807) is 5.57 Å². The zero-order chi connectivity index (χ0) is 10.9. The average Bonchev–Trinajstić information content (AvgIpc) is 2.67. The molecule has 2 aliphatic rings. The fourth-order valence-electron chi connectivity index (χ4n) is 3.38. The fourth-order valence-corrected chi connectivity index (χ4v) is 3.38. The van der Waals surface area contributed by atoms with Crippen molar-refractivity contribution in [2.24, 2.45) is 11.8 Å². The van der Waals surface area contributed by atoms with Crippen molar-refractivity contribution < 1.29 is 4.74 Å². The molecule has 0 saturated carbocycles. The van der Waals surface area contributed by atoms with E-state index >= 15 is 0 Å². The minimum absolute atomic E-state index is 0.172. The second-order valence-electron chi connectivity index (χ2n) is 5.09. The van der Waals surface area contributed by atoms with E-state index in [0.29, 0.717) is 5.92 Å². The van der Waals surface area contributed by atoms with Gasteiger partial charge in [-0.3, -0.25) is 0 Å². The van der Waals surface area contributed by atoms with E-state index < -0.39 is 0 Å². The highest BCUT2D eigenvalue weighted by Crippen LogP contribution is 2.47. The highest BCUT2D eigenvalue weighted by Gasteiger charge is 2.47. The molecule has 0 radical (unpaired) electrons. The molecular formula is C14H24O. The van der Waals surface area contributed by atoms with Crippen LogP contribution < -0.4 is 0 Å². The largest absolute Gasteiger partial charge is 0.374 e. The van der Waals surface area contributed by atoms with Crippen molar-refractivity contribution in [2.75, 3.05) is 6.61 Å². The Kier molecular flexibility index (Phi) is 3.20. The first kappa shape index (κ1) is 11.2. The normalized spacial score (nSPS) is 33.7. The highest BCUT2D eigenvalue weighted by molar-refractivity contribution is 5.16. The summed E-state index contributed by atoms with van der Waals surface area (Å²) in [7, 11) is 0. The van der Waals surface area contributed by atoms with E-state index in [0.717, 1.165) is 25.4 Å². The van der Waals surface area contributed by atoms with Crippen LogP contribution in [0.25, 0.3) is 0 Å². The van der Waals surface area contributed by atoms with E-state index in [4.69, 9.17) is 4.74 Å². The van der Waals surface area contributed by atoms with E-state index in [9.17, 15) is 0 Å². The summed E-state index contributed by atoms with van der Waals surface area (Å²) in [4.78, 5) is 0. The molecule has 1 heteroatoms. The molecule has 0 aromatic heterocycles. The van der Waals surface area contributed by atoms with Gasteiger partial charge in [-0.1, -0.05) is 32.4 Å². The van der Waals surface area contributed by atoms with Crippen LogP contribution in [0.15, 0.2) is 11.6 Å². The molecule has 0 amide bonds. The smallest absolute Gasteiger partial charge is 0.0743 e. The Bertz CT molecular complexity index is 250. The molecule has 1 fully saturated rings. The number of fused-ring (bicyclic) bond motifs is 1. The molecule has 1 aliphatic carbocycles. The third kappa shape index (κ3) is 1.75. The van der Waals surface area contributed by atoms with Crippen molar-refractivity contribution in [3.63, 3.8) is 0 Å². The van der Waals surface area contributed by atoms with Crippen molar-refractivity contribution in [2.45, 2.75) is 58.5 Å². The Balaban J connectivity index is 2.24. The maximum absolute atomic E-state index is 6.13. The van der Waals surface area contributed by atoms with Crippen LogP contribution in [-0.4, -0.2) is 12.2 Å². The molecule has 1 saturated heterocycles. The molecule has 2 unspecified atom stereocenters. The standard InChI is InChI=1S/C14H24O/c1-4-11-7-8-12-10-15-14(5-2,6-3)13(12)9-11/h9,12-13H,4-8,10H2,1-3H3. The summed E-state index contributed by atoms with van der Waals surface area (Å²) >= 11 is 0. The average molecular weight is 208 g/mol. The number of rotatable bonds is 3. The maximum atomic E-state index is 6.13. The van der Waals surface area contributed by atoms with E-state index in [-0.39, 0.29) is 5.60 Å². The molecule has 15 heavy (non-hydrogen) atoms. The van der Waals surface area contributed by atoms with Gasteiger partial charge in [-0.2, -0.15) is 0 Å². The van der Waals surface area contributed by atoms with Crippen LogP contribution in [0.2, 0.25) is 0 Å². The molecule has 0 spiro atoms. The van der Waals surface area contributed by atoms with Crippen LogP contribution >= 0.6 is 0 Å². The Labute approximate surface area is 93.9 Å². The predicted octanol–water partition coefficient (Wildman–Crippen LogP) is 3.94. The molecule has 1 heterocycles. The highest BCUT2D eigenvalue weighted by atomic mass is 16.5. The minimum Gasteiger partial charge on any atom is -0.374 e. The number of hydrogen-bond donors (Lipinski definition) is 0. The SMILES string of the molecule is CCC1=CC2C(CC1)COC2(CC)CC. The molecule has 1 aliphatic heterocycles. The van der Waals surface area contributed by atoms with E-state index in [1.165, 1.54) is 19.3 Å². The van der Waals surface area contributed by atoms with Crippen molar-refractivity contribution >= 4 is 0 Å². The summed E-state index contributed by atoms with van der Waals surface area (Å²) in [5, 5.41) is 0. The first-order valence-electron chi connectivity index (χ1n) is 6.59. The van der Waals surface area contributed by atoms with Crippen molar-refractivity contribution in [3.05, 3.63) is 11.6 Å². The van der Waals surface area contributed by atoms with Crippen LogP contribution in [0.4, 0.5) is 0 Å². The fraction of sp³-hybridized carbons (Fsp3) is 0.857. The summed E-state index contributed by atoms with van der Waals surface area (Å²) < 4.78 is 6.13. The third-order valence-corrected chi connectivity index (χ3v) is 4.60. The van der Waals surface area contributed by atoms with Gasteiger partial charge in [-0.05, 0) is 38.0 Å². The lowest BCUT2D eigenvalue weighted by Crippen LogP contribution is -2.35. The topological polar surface area (TPSA) is 9.23 Å². The zero-order valence-electron chi connectivity index (χ0n) is 10.4. The Morgan fingerprint density at radius 2 is 2.07 bits per heavy atom. The second kappa shape index (κ2) is 4.29. The molecule has 2 rings (SSSR count). The predicted molar refractivity (Wildman–Crippen MR) is 63.9 cm³/mol. The van der Waals surface area contributed by atoms with Crippen molar-refractivity contribution in [3.8, 4) is 0 Å². The molecule has 0 aromatic carbocycles.